The minimum Gasteiger partial charge on any atom is -0.675 e. The molecular weight excluding hydrogens is 314 g/mol. The van der Waals surface area contributed by atoms with Crippen LogP contribution in [-0.2, 0) is 0 Å². The van der Waals surface area contributed by atoms with E-state index in [9.17, 15) is 0 Å². The Balaban J connectivity index is 3.23. The van der Waals surface area contributed by atoms with Crippen molar-refractivity contribution in [1.82, 2.24) is 0 Å². The fraction of sp³-hybridized carbons (Fsp3) is 0.960. The SMILES string of the molecule is [CH2-]C(C(C)C1CCC1)C(C(C)C(C)C)C(C(C)C)C(CC(C)[NH-])C(C)C. The maximum absolute atomic E-state index is 8.25. The van der Waals surface area contributed by atoms with E-state index in [2.05, 4.69) is 62.3 Å². The molecule has 0 aromatic heterocycles. The van der Waals surface area contributed by atoms with Gasteiger partial charge in [0.15, 0.2) is 0 Å². The summed E-state index contributed by atoms with van der Waals surface area (Å²) in [4.78, 5) is 0. The van der Waals surface area contributed by atoms with Crippen LogP contribution in [-0.4, -0.2) is 6.04 Å². The van der Waals surface area contributed by atoms with Crippen molar-refractivity contribution in [1.29, 1.82) is 0 Å². The van der Waals surface area contributed by atoms with Crippen molar-refractivity contribution in [3.8, 4) is 0 Å². The molecule has 156 valence electrons. The van der Waals surface area contributed by atoms with Crippen molar-refractivity contribution in [2.24, 2.45) is 59.2 Å². The van der Waals surface area contributed by atoms with E-state index in [1.807, 2.05) is 0 Å². The van der Waals surface area contributed by atoms with Gasteiger partial charge in [0.25, 0.3) is 0 Å². The lowest BCUT2D eigenvalue weighted by Crippen LogP contribution is -2.43. The zero-order valence-corrected chi connectivity index (χ0v) is 19.4. The molecule has 0 spiro atoms. The Labute approximate surface area is 166 Å². The van der Waals surface area contributed by atoms with Crippen LogP contribution in [0.25, 0.3) is 5.73 Å². The summed E-state index contributed by atoms with van der Waals surface area (Å²) in [6.45, 7) is 26.3. The molecule has 1 saturated carbocycles. The molecular formula is C25H49N-2. The van der Waals surface area contributed by atoms with Gasteiger partial charge in [-0.1, -0.05) is 99.8 Å². The molecule has 0 amide bonds. The number of nitrogens with one attached hydrogen (secondary N) is 1. The molecule has 26 heavy (non-hydrogen) atoms. The fourth-order valence-corrected chi connectivity index (χ4v) is 5.64. The van der Waals surface area contributed by atoms with Crippen LogP contribution < -0.4 is 0 Å². The summed E-state index contributed by atoms with van der Waals surface area (Å²) < 4.78 is 0. The summed E-state index contributed by atoms with van der Waals surface area (Å²) in [6.07, 6.45) is 5.29. The summed E-state index contributed by atoms with van der Waals surface area (Å²) in [5.41, 5.74) is 8.25. The van der Waals surface area contributed by atoms with Crippen LogP contribution in [0.1, 0.15) is 88.0 Å². The van der Waals surface area contributed by atoms with E-state index in [0.29, 0.717) is 47.3 Å². The van der Waals surface area contributed by atoms with Crippen LogP contribution in [0.3, 0.4) is 0 Å². The maximum atomic E-state index is 8.25. The highest BCUT2D eigenvalue weighted by atomic mass is 14.6. The van der Waals surface area contributed by atoms with Gasteiger partial charge in [-0.2, -0.15) is 5.92 Å². The van der Waals surface area contributed by atoms with Crippen molar-refractivity contribution in [2.45, 2.75) is 94.0 Å². The number of hydrogen-bond donors (Lipinski definition) is 0. The maximum Gasteiger partial charge on any atom is -0.0352 e. The average Bonchev–Trinajstić information content (AvgIpc) is 2.46. The lowest BCUT2D eigenvalue weighted by molar-refractivity contribution is 0.00715. The molecule has 0 saturated heterocycles. The van der Waals surface area contributed by atoms with E-state index in [0.717, 1.165) is 18.3 Å². The second kappa shape index (κ2) is 10.5. The molecule has 1 N–H and O–H groups in total. The average molecular weight is 364 g/mol. The van der Waals surface area contributed by atoms with Gasteiger partial charge in [0.1, 0.15) is 0 Å². The van der Waals surface area contributed by atoms with Crippen LogP contribution in [0.15, 0.2) is 0 Å². The van der Waals surface area contributed by atoms with E-state index in [-0.39, 0.29) is 6.04 Å². The molecule has 0 aliphatic heterocycles. The van der Waals surface area contributed by atoms with Gasteiger partial charge in [0.2, 0.25) is 0 Å². The largest absolute Gasteiger partial charge is 0.675 e. The first-order chi connectivity index (χ1) is 12.0. The quantitative estimate of drug-likeness (QED) is 0.331. The Morgan fingerprint density at radius 2 is 1.35 bits per heavy atom. The van der Waals surface area contributed by atoms with Gasteiger partial charge in [-0.25, -0.2) is 0 Å². The number of hydrogen-bond acceptors (Lipinski definition) is 0. The van der Waals surface area contributed by atoms with Gasteiger partial charge in [0.05, 0.1) is 0 Å². The first-order valence-corrected chi connectivity index (χ1v) is 11.5. The molecule has 1 nitrogen and oxygen atoms in total. The highest BCUT2D eigenvalue weighted by Gasteiger charge is 2.40. The second-order valence-electron chi connectivity index (χ2n) is 10.8. The molecule has 1 aliphatic rings. The molecule has 0 aromatic rings. The van der Waals surface area contributed by atoms with E-state index >= 15 is 0 Å². The molecule has 1 heteroatoms. The smallest absolute Gasteiger partial charge is 0.0352 e. The van der Waals surface area contributed by atoms with Crippen LogP contribution >= 0.6 is 0 Å². The molecule has 7 atom stereocenters. The third-order valence-corrected chi connectivity index (χ3v) is 7.91. The van der Waals surface area contributed by atoms with Gasteiger partial charge in [-0.3, -0.25) is 0 Å². The third kappa shape index (κ3) is 5.98. The van der Waals surface area contributed by atoms with Crippen molar-refractivity contribution >= 4 is 0 Å². The zero-order valence-electron chi connectivity index (χ0n) is 19.4. The predicted molar refractivity (Wildman–Crippen MR) is 118 cm³/mol. The lowest BCUT2D eigenvalue weighted by atomic mass is 9.56. The van der Waals surface area contributed by atoms with Crippen LogP contribution in [0.4, 0.5) is 0 Å². The third-order valence-electron chi connectivity index (χ3n) is 7.91. The Bertz CT molecular complexity index is 380. The van der Waals surface area contributed by atoms with Crippen molar-refractivity contribution in [3.05, 3.63) is 12.7 Å². The topological polar surface area (TPSA) is 23.8 Å². The Hall–Kier alpha value is -0.0400. The highest BCUT2D eigenvalue weighted by molar-refractivity contribution is 4.94. The van der Waals surface area contributed by atoms with Gasteiger partial charge >= 0.3 is 0 Å². The summed E-state index contributed by atoms with van der Waals surface area (Å²) in [7, 11) is 0. The monoisotopic (exact) mass is 363 g/mol. The predicted octanol–water partition coefficient (Wildman–Crippen LogP) is 8.16. The van der Waals surface area contributed by atoms with Gasteiger partial charge in [0, 0.05) is 0 Å². The van der Waals surface area contributed by atoms with Crippen LogP contribution in [0, 0.1) is 66.1 Å². The standard InChI is InChI=1S/C25H49N/c1-15(2)19(8)25(21(10)20(9)22-12-11-13-22)24(17(5)6)23(16(3)4)14-18(7)26/h15-26H,10-14H2,1-9H3/q-2. The summed E-state index contributed by atoms with van der Waals surface area (Å²) in [5, 5.41) is 0. The normalized spacial score (nSPS) is 24.2. The Morgan fingerprint density at radius 1 is 0.808 bits per heavy atom. The summed E-state index contributed by atoms with van der Waals surface area (Å²) in [6, 6.07) is 0.0333. The zero-order chi connectivity index (χ0) is 20.2. The van der Waals surface area contributed by atoms with Gasteiger partial charge in [-0.15, -0.1) is 6.04 Å². The van der Waals surface area contributed by atoms with Crippen molar-refractivity contribution in [3.63, 3.8) is 0 Å². The Morgan fingerprint density at radius 3 is 1.65 bits per heavy atom. The van der Waals surface area contributed by atoms with E-state index in [1.54, 1.807) is 0 Å². The first kappa shape index (κ1) is 24.0. The molecule has 1 rings (SSSR count). The molecule has 0 aromatic carbocycles. The molecule has 1 fully saturated rings. The molecule has 1 aliphatic carbocycles. The van der Waals surface area contributed by atoms with Gasteiger partial charge < -0.3 is 12.7 Å². The first-order valence-electron chi connectivity index (χ1n) is 11.5. The Kier molecular flexibility index (Phi) is 9.68. The van der Waals surface area contributed by atoms with Gasteiger partial charge in [-0.05, 0) is 41.4 Å². The van der Waals surface area contributed by atoms with E-state index < -0.39 is 0 Å². The summed E-state index contributed by atoms with van der Waals surface area (Å²) >= 11 is 0. The fourth-order valence-electron chi connectivity index (χ4n) is 5.64. The molecule has 0 bridgehead atoms. The van der Waals surface area contributed by atoms with E-state index in [4.69, 9.17) is 12.7 Å². The van der Waals surface area contributed by atoms with Crippen molar-refractivity contribution < 1.29 is 0 Å². The lowest BCUT2D eigenvalue weighted by Gasteiger charge is -2.52. The second-order valence-corrected chi connectivity index (χ2v) is 10.8. The summed E-state index contributed by atoms with van der Waals surface area (Å²) in [5.74, 6) is 6.82. The molecule has 7 unspecified atom stereocenters. The number of rotatable bonds is 11. The highest BCUT2D eigenvalue weighted by Crippen LogP contribution is 2.49. The van der Waals surface area contributed by atoms with Crippen LogP contribution in [0.5, 0.6) is 0 Å². The van der Waals surface area contributed by atoms with E-state index in [1.165, 1.54) is 19.3 Å². The molecule has 0 heterocycles. The van der Waals surface area contributed by atoms with Crippen LogP contribution in [0.2, 0.25) is 0 Å². The molecule has 0 radical (unpaired) electrons. The minimum atomic E-state index is 0.0333. The van der Waals surface area contributed by atoms with Crippen molar-refractivity contribution in [2.75, 3.05) is 0 Å². The minimum absolute atomic E-state index is 0.0333.